The molecule has 1 N–H and O–H groups in total. The van der Waals surface area contributed by atoms with Gasteiger partial charge >= 0.3 is 0 Å². The lowest BCUT2D eigenvalue weighted by molar-refractivity contribution is 0.340. The molecule has 0 aliphatic heterocycles. The first-order valence-corrected chi connectivity index (χ1v) is 5.97. The maximum Gasteiger partial charge on any atom is 0.228 e. The number of hydrogen-bond donors (Lipinski definition) is 1. The molecule has 0 aliphatic carbocycles. The highest BCUT2D eigenvalue weighted by molar-refractivity contribution is 5.56. The van der Waals surface area contributed by atoms with E-state index in [1.54, 1.807) is 6.07 Å². The van der Waals surface area contributed by atoms with E-state index in [2.05, 4.69) is 15.3 Å². The van der Waals surface area contributed by atoms with Gasteiger partial charge in [-0.05, 0) is 32.0 Å². The van der Waals surface area contributed by atoms with Crippen LogP contribution in [-0.2, 0) is 0 Å². The molecule has 0 radical (unpaired) electrons. The van der Waals surface area contributed by atoms with Crippen LogP contribution < -0.4 is 10.1 Å². The van der Waals surface area contributed by atoms with Crippen LogP contribution in [0.2, 0.25) is 0 Å². The van der Waals surface area contributed by atoms with E-state index in [4.69, 9.17) is 10.00 Å². The van der Waals surface area contributed by atoms with E-state index < -0.39 is 0 Å². The van der Waals surface area contributed by atoms with Crippen molar-refractivity contribution in [3.63, 3.8) is 0 Å². The van der Waals surface area contributed by atoms with Crippen molar-refractivity contribution in [1.29, 1.82) is 5.26 Å². The van der Waals surface area contributed by atoms with Gasteiger partial charge in [-0.2, -0.15) is 5.26 Å². The lowest BCUT2D eigenvalue weighted by atomic mass is 10.3. The summed E-state index contributed by atoms with van der Waals surface area (Å²) in [6.45, 7) is 4.37. The summed E-state index contributed by atoms with van der Waals surface area (Å²) in [5, 5.41) is 11.9. The van der Waals surface area contributed by atoms with Crippen LogP contribution in [0.15, 0.2) is 30.3 Å². The molecular weight excluding hydrogens is 240 g/mol. The summed E-state index contributed by atoms with van der Waals surface area (Å²) in [5.41, 5.74) is 1.91. The molecule has 0 spiro atoms. The number of ether oxygens (including phenoxy) is 1. The molecule has 1 heterocycles. The molecule has 0 saturated heterocycles. The molecular formula is C14H14N4O. The predicted molar refractivity (Wildman–Crippen MR) is 72.4 cm³/mol. The highest BCUT2D eigenvalue weighted by Crippen LogP contribution is 2.20. The lowest BCUT2D eigenvalue weighted by Gasteiger charge is -2.08. The second kappa shape index (κ2) is 5.83. The van der Waals surface area contributed by atoms with E-state index in [0.717, 1.165) is 17.1 Å². The smallest absolute Gasteiger partial charge is 0.228 e. The van der Waals surface area contributed by atoms with Gasteiger partial charge in [0.1, 0.15) is 17.5 Å². The van der Waals surface area contributed by atoms with Gasteiger partial charge in [-0.15, -0.1) is 0 Å². The standard InChI is InChI=1S/C14H14N4O/c1-3-19-13-6-4-5-11(8-13)17-14-16-10(2)7-12(9-15)18-14/h4-8H,3H2,1-2H3,(H,16,17,18). The Morgan fingerprint density at radius 2 is 2.16 bits per heavy atom. The van der Waals surface area contributed by atoms with Crippen LogP contribution in [0.4, 0.5) is 11.6 Å². The summed E-state index contributed by atoms with van der Waals surface area (Å²) in [6.07, 6.45) is 0. The van der Waals surface area contributed by atoms with Gasteiger partial charge in [0.15, 0.2) is 0 Å². The molecule has 5 heteroatoms. The van der Waals surface area contributed by atoms with Gasteiger partial charge in [-0.1, -0.05) is 6.07 Å². The molecule has 2 aromatic rings. The van der Waals surface area contributed by atoms with Crippen molar-refractivity contribution in [2.45, 2.75) is 13.8 Å². The van der Waals surface area contributed by atoms with Gasteiger partial charge in [0.2, 0.25) is 5.95 Å². The van der Waals surface area contributed by atoms with Crippen LogP contribution in [0.25, 0.3) is 0 Å². The fourth-order valence-electron chi connectivity index (χ4n) is 1.64. The quantitative estimate of drug-likeness (QED) is 0.908. The molecule has 2 rings (SSSR count). The summed E-state index contributed by atoms with van der Waals surface area (Å²) in [4.78, 5) is 8.34. The zero-order valence-electron chi connectivity index (χ0n) is 10.8. The van der Waals surface area contributed by atoms with E-state index in [0.29, 0.717) is 18.2 Å². The van der Waals surface area contributed by atoms with Crippen LogP contribution >= 0.6 is 0 Å². The zero-order chi connectivity index (χ0) is 13.7. The number of aromatic nitrogens is 2. The largest absolute Gasteiger partial charge is 0.494 e. The second-order valence-corrected chi connectivity index (χ2v) is 3.92. The molecule has 0 aliphatic rings. The molecule has 0 fully saturated rings. The number of hydrogen-bond acceptors (Lipinski definition) is 5. The fraction of sp³-hybridized carbons (Fsp3) is 0.214. The van der Waals surface area contributed by atoms with E-state index in [9.17, 15) is 0 Å². The number of nitriles is 1. The van der Waals surface area contributed by atoms with Crippen molar-refractivity contribution >= 4 is 11.6 Å². The van der Waals surface area contributed by atoms with Crippen molar-refractivity contribution in [1.82, 2.24) is 9.97 Å². The number of nitrogens with one attached hydrogen (secondary N) is 1. The normalized spacial score (nSPS) is 9.74. The molecule has 0 unspecified atom stereocenters. The summed E-state index contributed by atoms with van der Waals surface area (Å²) in [7, 11) is 0. The van der Waals surface area contributed by atoms with Crippen molar-refractivity contribution in [2.75, 3.05) is 11.9 Å². The minimum Gasteiger partial charge on any atom is -0.494 e. The van der Waals surface area contributed by atoms with Crippen LogP contribution in [0.1, 0.15) is 18.3 Å². The molecule has 0 saturated carbocycles. The fourth-order valence-corrected chi connectivity index (χ4v) is 1.64. The zero-order valence-corrected chi connectivity index (χ0v) is 10.8. The highest BCUT2D eigenvalue weighted by atomic mass is 16.5. The second-order valence-electron chi connectivity index (χ2n) is 3.92. The minimum absolute atomic E-state index is 0.343. The number of rotatable bonds is 4. The Labute approximate surface area is 111 Å². The molecule has 0 amide bonds. The molecule has 5 nitrogen and oxygen atoms in total. The van der Waals surface area contributed by atoms with E-state index >= 15 is 0 Å². The molecule has 1 aromatic heterocycles. The third kappa shape index (κ3) is 3.42. The topological polar surface area (TPSA) is 70.8 Å². The number of aryl methyl sites for hydroxylation is 1. The van der Waals surface area contributed by atoms with Gasteiger partial charge < -0.3 is 10.1 Å². The third-order valence-corrected chi connectivity index (χ3v) is 2.37. The Hall–Kier alpha value is -2.61. The van der Waals surface area contributed by atoms with E-state index in [-0.39, 0.29) is 0 Å². The summed E-state index contributed by atoms with van der Waals surface area (Å²) < 4.78 is 5.42. The predicted octanol–water partition coefficient (Wildman–Crippen LogP) is 2.80. The van der Waals surface area contributed by atoms with Gasteiger partial charge in [-0.3, -0.25) is 0 Å². The maximum atomic E-state index is 8.88. The van der Waals surface area contributed by atoms with Gasteiger partial charge in [-0.25, -0.2) is 9.97 Å². The molecule has 1 aromatic carbocycles. The van der Waals surface area contributed by atoms with Crippen LogP contribution in [0.5, 0.6) is 5.75 Å². The van der Waals surface area contributed by atoms with Crippen LogP contribution in [0, 0.1) is 18.3 Å². The number of nitrogens with zero attached hydrogens (tertiary/aromatic N) is 3. The average molecular weight is 254 g/mol. The van der Waals surface area contributed by atoms with Crippen molar-refractivity contribution in [2.24, 2.45) is 0 Å². The monoisotopic (exact) mass is 254 g/mol. The summed E-state index contributed by atoms with van der Waals surface area (Å²) in [5.74, 6) is 1.19. The van der Waals surface area contributed by atoms with Gasteiger partial charge in [0.25, 0.3) is 0 Å². The maximum absolute atomic E-state index is 8.88. The van der Waals surface area contributed by atoms with Gasteiger partial charge in [0.05, 0.1) is 6.61 Å². The van der Waals surface area contributed by atoms with E-state index in [1.165, 1.54) is 0 Å². The average Bonchev–Trinajstić information content (AvgIpc) is 2.39. The van der Waals surface area contributed by atoms with Crippen molar-refractivity contribution in [3.05, 3.63) is 41.7 Å². The van der Waals surface area contributed by atoms with Crippen LogP contribution in [-0.4, -0.2) is 16.6 Å². The van der Waals surface area contributed by atoms with Crippen molar-refractivity contribution in [3.8, 4) is 11.8 Å². The number of benzene rings is 1. The van der Waals surface area contributed by atoms with Gasteiger partial charge in [0, 0.05) is 17.4 Å². The van der Waals surface area contributed by atoms with Crippen LogP contribution in [0.3, 0.4) is 0 Å². The summed E-state index contributed by atoms with van der Waals surface area (Å²) in [6, 6.07) is 11.2. The number of anilines is 2. The Balaban J connectivity index is 2.23. The first-order valence-electron chi connectivity index (χ1n) is 5.97. The minimum atomic E-state index is 0.343. The first-order chi connectivity index (χ1) is 9.21. The van der Waals surface area contributed by atoms with Crippen molar-refractivity contribution < 1.29 is 4.74 Å². The third-order valence-electron chi connectivity index (χ3n) is 2.37. The SMILES string of the molecule is CCOc1cccc(Nc2nc(C)cc(C#N)n2)c1. The van der Waals surface area contributed by atoms with E-state index in [1.807, 2.05) is 44.2 Å². The Morgan fingerprint density at radius 3 is 2.89 bits per heavy atom. The Morgan fingerprint density at radius 1 is 1.32 bits per heavy atom. The lowest BCUT2D eigenvalue weighted by Crippen LogP contribution is -2.00. The molecule has 96 valence electrons. The first kappa shape index (κ1) is 12.8. The molecule has 0 bridgehead atoms. The highest BCUT2D eigenvalue weighted by Gasteiger charge is 2.03. The Bertz CT molecular complexity index is 619. The summed E-state index contributed by atoms with van der Waals surface area (Å²) >= 11 is 0. The Kier molecular flexibility index (Phi) is 3.94. The molecule has 0 atom stereocenters. The molecule has 19 heavy (non-hydrogen) atoms.